The largest absolute Gasteiger partial charge is 0.434 e. The number of halogens is 2. The van der Waals surface area contributed by atoms with Crippen LogP contribution in [0, 0.1) is 17.0 Å². The normalized spacial score (nSPS) is 10.7. The second kappa shape index (κ2) is 4.96. The first-order valence-corrected chi connectivity index (χ1v) is 5.01. The molecule has 100 valence electrons. The summed E-state index contributed by atoms with van der Waals surface area (Å²) in [5.41, 5.74) is -0.328. The molecule has 1 heterocycles. The van der Waals surface area contributed by atoms with Crippen LogP contribution >= 0.6 is 0 Å². The van der Waals surface area contributed by atoms with Crippen molar-refractivity contribution in [3.05, 3.63) is 34.2 Å². The Labute approximate surface area is 105 Å². The summed E-state index contributed by atoms with van der Waals surface area (Å²) in [4.78, 5) is 13.8. The Morgan fingerprint density at radius 2 is 2.21 bits per heavy atom. The van der Waals surface area contributed by atoms with E-state index < -0.39 is 11.5 Å². The van der Waals surface area contributed by atoms with Gasteiger partial charge in [-0.3, -0.25) is 10.1 Å². The maximum atomic E-state index is 12.3. The molecule has 0 radical (unpaired) electrons. The van der Waals surface area contributed by atoms with Crippen LogP contribution in [-0.4, -0.2) is 21.7 Å². The third kappa shape index (κ3) is 2.81. The SMILES string of the molecule is Cc1nc(-c2cc([N+](=O)[O-])ccc2OC(F)F)no1. The Kier molecular flexibility index (Phi) is 3.36. The summed E-state index contributed by atoms with van der Waals surface area (Å²) in [6.07, 6.45) is 0. The predicted octanol–water partition coefficient (Wildman–Crippen LogP) is 2.55. The number of aryl methyl sites for hydroxylation is 1. The van der Waals surface area contributed by atoms with Crippen molar-refractivity contribution in [2.24, 2.45) is 0 Å². The third-order valence-electron chi connectivity index (χ3n) is 2.16. The van der Waals surface area contributed by atoms with Gasteiger partial charge in [0.1, 0.15) is 5.75 Å². The predicted molar refractivity (Wildman–Crippen MR) is 57.8 cm³/mol. The Balaban J connectivity index is 2.52. The molecular formula is C10H7F2N3O4. The lowest BCUT2D eigenvalue weighted by Crippen LogP contribution is -2.04. The summed E-state index contributed by atoms with van der Waals surface area (Å²) in [6, 6.07) is 3.15. The molecule has 0 aliphatic carbocycles. The molecule has 0 saturated heterocycles. The highest BCUT2D eigenvalue weighted by atomic mass is 19.3. The molecule has 0 fully saturated rings. The van der Waals surface area contributed by atoms with Crippen LogP contribution in [0.1, 0.15) is 5.89 Å². The molecule has 1 aromatic heterocycles. The second-order valence-corrected chi connectivity index (χ2v) is 3.45. The monoisotopic (exact) mass is 271 g/mol. The number of nitro groups is 1. The van der Waals surface area contributed by atoms with E-state index in [0.717, 1.165) is 18.2 Å². The summed E-state index contributed by atoms with van der Waals surface area (Å²) >= 11 is 0. The second-order valence-electron chi connectivity index (χ2n) is 3.45. The Hall–Kier alpha value is -2.58. The molecule has 2 aromatic rings. The molecule has 0 bridgehead atoms. The quantitative estimate of drug-likeness (QED) is 0.626. The zero-order chi connectivity index (χ0) is 14.0. The van der Waals surface area contributed by atoms with Gasteiger partial charge >= 0.3 is 6.61 Å². The highest BCUT2D eigenvalue weighted by molar-refractivity contribution is 5.67. The molecule has 0 unspecified atom stereocenters. The first-order valence-electron chi connectivity index (χ1n) is 5.01. The first kappa shape index (κ1) is 12.9. The van der Waals surface area contributed by atoms with E-state index in [1.807, 2.05) is 0 Å². The minimum atomic E-state index is -3.06. The number of aromatic nitrogens is 2. The fourth-order valence-corrected chi connectivity index (χ4v) is 1.41. The number of rotatable bonds is 4. The summed E-state index contributed by atoms with van der Waals surface area (Å²) in [7, 11) is 0. The summed E-state index contributed by atoms with van der Waals surface area (Å²) in [5.74, 6) is -0.122. The molecule has 0 spiro atoms. The number of benzene rings is 1. The zero-order valence-electron chi connectivity index (χ0n) is 9.54. The summed E-state index contributed by atoms with van der Waals surface area (Å²) in [6.45, 7) is -1.56. The van der Waals surface area contributed by atoms with Crippen molar-refractivity contribution in [3.63, 3.8) is 0 Å². The van der Waals surface area contributed by atoms with Crippen LogP contribution in [0.3, 0.4) is 0 Å². The molecule has 9 heteroatoms. The van der Waals surface area contributed by atoms with Gasteiger partial charge in [0.25, 0.3) is 5.69 Å². The van der Waals surface area contributed by atoms with Gasteiger partial charge in [-0.1, -0.05) is 5.16 Å². The molecule has 2 rings (SSSR count). The van der Waals surface area contributed by atoms with Crippen molar-refractivity contribution in [2.75, 3.05) is 0 Å². The number of hydrogen-bond donors (Lipinski definition) is 0. The minimum absolute atomic E-state index is 0.0358. The molecule has 0 aliphatic rings. The van der Waals surface area contributed by atoms with Crippen molar-refractivity contribution in [3.8, 4) is 17.1 Å². The average molecular weight is 271 g/mol. The van der Waals surface area contributed by atoms with E-state index in [2.05, 4.69) is 14.9 Å². The van der Waals surface area contributed by atoms with Gasteiger partial charge in [-0.05, 0) is 6.07 Å². The lowest BCUT2D eigenvalue weighted by molar-refractivity contribution is -0.384. The fourth-order valence-electron chi connectivity index (χ4n) is 1.41. The minimum Gasteiger partial charge on any atom is -0.434 e. The highest BCUT2D eigenvalue weighted by Crippen LogP contribution is 2.32. The topological polar surface area (TPSA) is 91.3 Å². The summed E-state index contributed by atoms with van der Waals surface area (Å²) < 4.78 is 33.5. The highest BCUT2D eigenvalue weighted by Gasteiger charge is 2.19. The van der Waals surface area contributed by atoms with Crippen LogP contribution in [-0.2, 0) is 0 Å². The lowest BCUT2D eigenvalue weighted by Gasteiger charge is -2.07. The molecule has 0 saturated carbocycles. The fraction of sp³-hybridized carbons (Fsp3) is 0.200. The van der Waals surface area contributed by atoms with Gasteiger partial charge in [-0.25, -0.2) is 0 Å². The smallest absolute Gasteiger partial charge is 0.387 e. The van der Waals surface area contributed by atoms with E-state index in [4.69, 9.17) is 4.52 Å². The van der Waals surface area contributed by atoms with Crippen LogP contribution in [0.4, 0.5) is 14.5 Å². The molecular weight excluding hydrogens is 264 g/mol. The van der Waals surface area contributed by atoms with Crippen molar-refractivity contribution in [1.29, 1.82) is 0 Å². The van der Waals surface area contributed by atoms with E-state index in [-0.39, 0.29) is 28.7 Å². The van der Waals surface area contributed by atoms with Gasteiger partial charge in [0, 0.05) is 19.1 Å². The molecule has 0 N–H and O–H groups in total. The maximum Gasteiger partial charge on any atom is 0.387 e. The van der Waals surface area contributed by atoms with Gasteiger partial charge in [0.05, 0.1) is 10.5 Å². The van der Waals surface area contributed by atoms with Crippen LogP contribution in [0.2, 0.25) is 0 Å². The van der Waals surface area contributed by atoms with E-state index in [1.54, 1.807) is 0 Å². The van der Waals surface area contributed by atoms with Crippen molar-refractivity contribution in [1.82, 2.24) is 10.1 Å². The van der Waals surface area contributed by atoms with Crippen LogP contribution in [0.15, 0.2) is 22.7 Å². The van der Waals surface area contributed by atoms with Crippen LogP contribution in [0.5, 0.6) is 5.75 Å². The molecule has 19 heavy (non-hydrogen) atoms. The molecule has 1 aromatic carbocycles. The summed E-state index contributed by atoms with van der Waals surface area (Å²) in [5, 5.41) is 14.2. The number of nitrogens with zero attached hydrogens (tertiary/aromatic N) is 3. The van der Waals surface area contributed by atoms with Gasteiger partial charge in [-0.2, -0.15) is 13.8 Å². The zero-order valence-corrected chi connectivity index (χ0v) is 9.54. The standard InChI is InChI=1S/C10H7F2N3O4/c1-5-13-9(14-19-5)7-4-6(15(16)17)2-3-8(7)18-10(11)12/h2-4,10H,1H3. The first-order chi connectivity index (χ1) is 8.97. The third-order valence-corrected chi connectivity index (χ3v) is 2.16. The average Bonchev–Trinajstić information content (AvgIpc) is 2.75. The molecule has 0 atom stereocenters. The number of non-ortho nitro benzene ring substituents is 1. The lowest BCUT2D eigenvalue weighted by atomic mass is 10.1. The van der Waals surface area contributed by atoms with Crippen LogP contribution in [0.25, 0.3) is 11.4 Å². The number of ether oxygens (including phenoxy) is 1. The van der Waals surface area contributed by atoms with E-state index >= 15 is 0 Å². The van der Waals surface area contributed by atoms with Gasteiger partial charge in [0.15, 0.2) is 0 Å². The van der Waals surface area contributed by atoms with E-state index in [0.29, 0.717) is 0 Å². The number of hydrogen-bond acceptors (Lipinski definition) is 6. The molecule has 7 nitrogen and oxygen atoms in total. The Morgan fingerprint density at radius 3 is 2.74 bits per heavy atom. The number of nitro benzene ring substituents is 1. The van der Waals surface area contributed by atoms with Crippen LogP contribution < -0.4 is 4.74 Å². The Bertz CT molecular complexity index is 615. The van der Waals surface area contributed by atoms with Gasteiger partial charge in [0.2, 0.25) is 11.7 Å². The molecule has 0 amide bonds. The van der Waals surface area contributed by atoms with Crippen molar-refractivity contribution >= 4 is 5.69 Å². The van der Waals surface area contributed by atoms with Crippen molar-refractivity contribution in [2.45, 2.75) is 13.5 Å². The molecule has 0 aliphatic heterocycles. The van der Waals surface area contributed by atoms with E-state index in [9.17, 15) is 18.9 Å². The number of alkyl halides is 2. The van der Waals surface area contributed by atoms with E-state index in [1.165, 1.54) is 6.92 Å². The van der Waals surface area contributed by atoms with Gasteiger partial charge < -0.3 is 9.26 Å². The Morgan fingerprint density at radius 1 is 1.47 bits per heavy atom. The van der Waals surface area contributed by atoms with Gasteiger partial charge in [-0.15, -0.1) is 0 Å². The maximum absolute atomic E-state index is 12.3. The van der Waals surface area contributed by atoms with Crippen molar-refractivity contribution < 1.29 is 23.0 Å².